The lowest BCUT2D eigenvalue weighted by molar-refractivity contribution is -0.138. The molecule has 0 spiro atoms. The number of nitrogens with zero attached hydrogens (tertiary/aromatic N) is 3. The van der Waals surface area contributed by atoms with Crippen molar-refractivity contribution in [3.8, 4) is 5.75 Å². The van der Waals surface area contributed by atoms with Crippen LogP contribution in [0.1, 0.15) is 56.3 Å². The van der Waals surface area contributed by atoms with Crippen molar-refractivity contribution >= 4 is 26.9 Å². The second-order valence-corrected chi connectivity index (χ2v) is 12.6. The zero-order valence-electron chi connectivity index (χ0n) is 22.1. The SMILES string of the molecule is CCOc1ccc(S(=O)(=O)N2C[C@@H](CC3CCCC3)[C@@H](n3nc(CC(=O)O)c4ccc(C(F)(F)F)cc43)C2)cc1. The van der Waals surface area contributed by atoms with E-state index < -0.39 is 40.2 Å². The number of carbonyl (C=O) groups is 1. The van der Waals surface area contributed by atoms with E-state index in [1.165, 1.54) is 27.2 Å². The van der Waals surface area contributed by atoms with Crippen molar-refractivity contribution in [3.05, 3.63) is 53.7 Å². The van der Waals surface area contributed by atoms with Crippen molar-refractivity contribution in [1.29, 1.82) is 0 Å². The summed E-state index contributed by atoms with van der Waals surface area (Å²) in [6.45, 7) is 2.50. The average molecular weight is 580 g/mol. The number of aliphatic carboxylic acids is 1. The second kappa shape index (κ2) is 11.0. The third-order valence-electron chi connectivity index (χ3n) is 8.00. The Morgan fingerprint density at radius 2 is 1.80 bits per heavy atom. The zero-order valence-corrected chi connectivity index (χ0v) is 22.9. The number of hydrogen-bond acceptors (Lipinski definition) is 5. The fourth-order valence-electron chi connectivity index (χ4n) is 6.12. The predicted octanol–water partition coefficient (Wildman–Crippen LogP) is 5.52. The van der Waals surface area contributed by atoms with Crippen molar-refractivity contribution in [1.82, 2.24) is 14.1 Å². The number of halogens is 3. The van der Waals surface area contributed by atoms with E-state index in [1.54, 1.807) is 12.1 Å². The minimum atomic E-state index is -4.60. The predicted molar refractivity (Wildman–Crippen MR) is 142 cm³/mol. The van der Waals surface area contributed by atoms with Gasteiger partial charge in [0.2, 0.25) is 10.0 Å². The van der Waals surface area contributed by atoms with Gasteiger partial charge in [-0.25, -0.2) is 8.42 Å². The first-order valence-electron chi connectivity index (χ1n) is 13.5. The Hall–Kier alpha value is -3.12. The third-order valence-corrected chi connectivity index (χ3v) is 9.85. The summed E-state index contributed by atoms with van der Waals surface area (Å²) in [6, 6.07) is 8.79. The van der Waals surface area contributed by atoms with Crippen LogP contribution in [-0.4, -0.2) is 53.3 Å². The molecule has 1 N–H and O–H groups in total. The number of hydrogen-bond donors (Lipinski definition) is 1. The highest BCUT2D eigenvalue weighted by Crippen LogP contribution is 2.42. The summed E-state index contributed by atoms with van der Waals surface area (Å²) in [6.07, 6.45) is -0.0957. The molecule has 0 bridgehead atoms. The molecule has 2 heterocycles. The molecule has 1 aliphatic heterocycles. The largest absolute Gasteiger partial charge is 0.494 e. The molecule has 1 saturated carbocycles. The number of fused-ring (bicyclic) bond motifs is 1. The van der Waals surface area contributed by atoms with Crippen LogP contribution < -0.4 is 4.74 Å². The topological polar surface area (TPSA) is 102 Å². The number of carboxylic acids is 1. The first kappa shape index (κ1) is 28.4. The van der Waals surface area contributed by atoms with E-state index >= 15 is 0 Å². The zero-order chi connectivity index (χ0) is 28.7. The number of benzene rings is 2. The molecule has 2 aromatic carbocycles. The van der Waals surface area contributed by atoms with E-state index in [9.17, 15) is 31.5 Å². The molecule has 8 nitrogen and oxygen atoms in total. The van der Waals surface area contributed by atoms with Gasteiger partial charge in [-0.05, 0) is 61.6 Å². The van der Waals surface area contributed by atoms with Crippen LogP contribution in [0.25, 0.3) is 10.9 Å². The quantitative estimate of drug-likeness (QED) is 0.358. The summed E-state index contributed by atoms with van der Waals surface area (Å²) >= 11 is 0. The number of alkyl halides is 3. The average Bonchev–Trinajstić information content (AvgIpc) is 3.64. The number of aromatic nitrogens is 2. The Labute approximate surface area is 230 Å². The van der Waals surface area contributed by atoms with E-state index in [0.717, 1.165) is 37.8 Å². The van der Waals surface area contributed by atoms with Crippen LogP contribution in [0.2, 0.25) is 0 Å². The Balaban J connectivity index is 1.56. The highest BCUT2D eigenvalue weighted by Gasteiger charge is 2.43. The molecule has 2 aliphatic rings. The lowest BCUT2D eigenvalue weighted by atomic mass is 9.90. The van der Waals surface area contributed by atoms with Gasteiger partial charge >= 0.3 is 12.1 Å². The molecule has 0 radical (unpaired) electrons. The maximum Gasteiger partial charge on any atom is 0.416 e. The van der Waals surface area contributed by atoms with Gasteiger partial charge in [-0.1, -0.05) is 31.7 Å². The van der Waals surface area contributed by atoms with Crippen LogP contribution in [0.3, 0.4) is 0 Å². The van der Waals surface area contributed by atoms with E-state index in [1.807, 2.05) is 6.92 Å². The van der Waals surface area contributed by atoms with E-state index in [4.69, 9.17) is 4.74 Å². The molecular formula is C28H32F3N3O5S. The highest BCUT2D eigenvalue weighted by atomic mass is 32.2. The summed E-state index contributed by atoms with van der Waals surface area (Å²) in [5.41, 5.74) is -0.552. The minimum absolute atomic E-state index is 0.0203. The fourth-order valence-corrected chi connectivity index (χ4v) is 7.64. The smallest absolute Gasteiger partial charge is 0.416 e. The maximum atomic E-state index is 13.7. The summed E-state index contributed by atoms with van der Waals surface area (Å²) in [5, 5.41) is 14.3. The van der Waals surface area contributed by atoms with Gasteiger partial charge in [0.1, 0.15) is 5.75 Å². The van der Waals surface area contributed by atoms with Gasteiger partial charge < -0.3 is 9.84 Å². The summed E-state index contributed by atoms with van der Waals surface area (Å²) in [5.74, 6) is -0.406. The maximum absolute atomic E-state index is 13.7. The van der Waals surface area contributed by atoms with Crippen LogP contribution in [0, 0.1) is 11.8 Å². The van der Waals surface area contributed by atoms with Gasteiger partial charge in [0.25, 0.3) is 0 Å². The molecule has 2 atom stereocenters. The van der Waals surface area contributed by atoms with Gasteiger partial charge in [0.15, 0.2) is 0 Å². The molecule has 0 amide bonds. The number of ether oxygens (including phenoxy) is 1. The van der Waals surface area contributed by atoms with Crippen LogP contribution in [0.4, 0.5) is 13.2 Å². The molecule has 1 aromatic heterocycles. The Bertz CT molecular complexity index is 1480. The van der Waals surface area contributed by atoms with Crippen LogP contribution >= 0.6 is 0 Å². The van der Waals surface area contributed by atoms with Crippen molar-refractivity contribution in [3.63, 3.8) is 0 Å². The lowest BCUT2D eigenvalue weighted by Crippen LogP contribution is -2.29. The molecule has 3 aromatic rings. The molecule has 12 heteroatoms. The monoisotopic (exact) mass is 579 g/mol. The Morgan fingerprint density at radius 1 is 1.10 bits per heavy atom. The van der Waals surface area contributed by atoms with Gasteiger partial charge in [-0.3, -0.25) is 9.48 Å². The number of carboxylic acid groups (broad SMARTS) is 1. The van der Waals surface area contributed by atoms with Crippen molar-refractivity contribution in [2.24, 2.45) is 11.8 Å². The summed E-state index contributed by atoms with van der Waals surface area (Å²) < 4.78 is 76.6. The van der Waals surface area contributed by atoms with Crippen molar-refractivity contribution in [2.75, 3.05) is 19.7 Å². The summed E-state index contributed by atoms with van der Waals surface area (Å²) in [7, 11) is -3.91. The van der Waals surface area contributed by atoms with Crippen LogP contribution in [0.15, 0.2) is 47.4 Å². The Morgan fingerprint density at radius 3 is 2.42 bits per heavy atom. The third kappa shape index (κ3) is 5.69. The molecule has 1 aliphatic carbocycles. The first-order chi connectivity index (χ1) is 19.0. The van der Waals surface area contributed by atoms with E-state index in [0.29, 0.717) is 30.1 Å². The summed E-state index contributed by atoms with van der Waals surface area (Å²) in [4.78, 5) is 11.6. The van der Waals surface area contributed by atoms with Crippen molar-refractivity contribution in [2.45, 2.75) is 62.6 Å². The van der Waals surface area contributed by atoms with E-state index in [2.05, 4.69) is 5.10 Å². The second-order valence-electron chi connectivity index (χ2n) is 10.6. The molecule has 216 valence electrons. The lowest BCUT2D eigenvalue weighted by Gasteiger charge is -2.22. The highest BCUT2D eigenvalue weighted by molar-refractivity contribution is 7.89. The molecule has 2 fully saturated rings. The van der Waals surface area contributed by atoms with Crippen molar-refractivity contribution < 1.29 is 36.2 Å². The number of sulfonamides is 1. The molecule has 40 heavy (non-hydrogen) atoms. The fraction of sp³-hybridized carbons (Fsp3) is 0.500. The normalized spacial score (nSPS) is 20.9. The molecular weight excluding hydrogens is 547 g/mol. The number of rotatable bonds is 9. The molecule has 0 unspecified atom stereocenters. The van der Waals surface area contributed by atoms with E-state index in [-0.39, 0.29) is 35.1 Å². The first-order valence-corrected chi connectivity index (χ1v) is 14.9. The molecule has 1 saturated heterocycles. The minimum Gasteiger partial charge on any atom is -0.494 e. The van der Waals surface area contributed by atoms with Crippen LogP contribution in [-0.2, 0) is 27.4 Å². The van der Waals surface area contributed by atoms with Gasteiger partial charge in [-0.15, -0.1) is 0 Å². The Kier molecular flexibility index (Phi) is 7.84. The van der Waals surface area contributed by atoms with Gasteiger partial charge in [-0.2, -0.15) is 22.6 Å². The van der Waals surface area contributed by atoms with Gasteiger partial charge in [0.05, 0.1) is 40.7 Å². The standard InChI is InChI=1S/C28H32F3N3O5S/c1-2-39-21-8-10-22(11-9-21)40(37,38)33-16-19(13-18-5-3-4-6-18)26(17-33)34-25-14-20(28(29,30)31)7-12-23(25)24(32-34)15-27(35)36/h7-12,14,18-19,26H,2-6,13,15-17H2,1H3,(H,35,36)/t19-,26+/m1/s1. The van der Waals surface area contributed by atoms with Gasteiger partial charge in [0, 0.05) is 18.5 Å². The van der Waals surface area contributed by atoms with Crippen LogP contribution in [0.5, 0.6) is 5.75 Å². The molecule has 5 rings (SSSR count).